The minimum absolute atomic E-state index is 0.0900. The molecule has 0 spiro atoms. The number of hydrogen-bond acceptors (Lipinski definition) is 2. The van der Waals surface area contributed by atoms with Gasteiger partial charge in [-0.05, 0) is 54.2 Å². The van der Waals surface area contributed by atoms with Gasteiger partial charge < -0.3 is 4.98 Å². The molecule has 19 heavy (non-hydrogen) atoms. The van der Waals surface area contributed by atoms with Gasteiger partial charge in [0, 0.05) is 11.5 Å². The molecule has 98 valence electrons. The highest BCUT2D eigenvalue weighted by Gasteiger charge is 2.29. The third-order valence-electron chi connectivity index (χ3n) is 3.50. The maximum absolute atomic E-state index is 12.0. The molecule has 3 rings (SSSR count). The minimum atomic E-state index is -0.0900. The number of nitrogens with one attached hydrogen (secondary N) is 1. The Morgan fingerprint density at radius 3 is 2.74 bits per heavy atom. The summed E-state index contributed by atoms with van der Waals surface area (Å²) in [7, 11) is 0. The lowest BCUT2D eigenvalue weighted by Crippen LogP contribution is -2.13. The van der Waals surface area contributed by atoms with Gasteiger partial charge in [-0.15, -0.1) is 0 Å². The summed E-state index contributed by atoms with van der Waals surface area (Å²) in [4.78, 5) is 19.6. The normalized spacial score (nSPS) is 14.7. The molecule has 0 unspecified atom stereocenters. The topological polar surface area (TPSA) is 45.8 Å². The average Bonchev–Trinajstić information content (AvgIpc) is 3.20. The van der Waals surface area contributed by atoms with E-state index in [1.54, 1.807) is 0 Å². The number of aromatic amines is 1. The van der Waals surface area contributed by atoms with Crippen LogP contribution in [0.5, 0.6) is 0 Å². The third kappa shape index (κ3) is 2.37. The van der Waals surface area contributed by atoms with Gasteiger partial charge in [-0.1, -0.05) is 17.7 Å². The van der Waals surface area contributed by atoms with Gasteiger partial charge >= 0.3 is 0 Å². The number of rotatable bonds is 2. The van der Waals surface area contributed by atoms with Crippen molar-refractivity contribution in [2.24, 2.45) is 0 Å². The van der Waals surface area contributed by atoms with Gasteiger partial charge in [0.2, 0.25) is 0 Å². The van der Waals surface area contributed by atoms with Crippen molar-refractivity contribution >= 4 is 15.9 Å². The molecule has 1 fully saturated rings. The fourth-order valence-corrected chi connectivity index (χ4v) is 2.73. The van der Waals surface area contributed by atoms with Gasteiger partial charge in [0.1, 0.15) is 10.3 Å². The lowest BCUT2D eigenvalue weighted by atomic mass is 10.0. The standard InChI is InChI=1S/C15H15BrN2O/c1-8-3-4-9(2)11(7-8)14-17-13(10-5-6-10)12(16)15(19)18-14/h3-4,7,10H,5-6H2,1-2H3,(H,17,18,19). The molecule has 0 bridgehead atoms. The van der Waals surface area contributed by atoms with Crippen molar-refractivity contribution in [2.75, 3.05) is 0 Å². The van der Waals surface area contributed by atoms with E-state index < -0.39 is 0 Å². The summed E-state index contributed by atoms with van der Waals surface area (Å²) in [5, 5.41) is 0. The highest BCUT2D eigenvalue weighted by molar-refractivity contribution is 9.10. The summed E-state index contributed by atoms with van der Waals surface area (Å²) in [6.07, 6.45) is 2.25. The molecular formula is C15H15BrN2O. The maximum atomic E-state index is 12.0. The predicted molar refractivity (Wildman–Crippen MR) is 79.4 cm³/mol. The molecule has 3 nitrogen and oxygen atoms in total. The van der Waals surface area contributed by atoms with Gasteiger partial charge in [0.15, 0.2) is 0 Å². The van der Waals surface area contributed by atoms with Crippen LogP contribution in [0.15, 0.2) is 27.5 Å². The van der Waals surface area contributed by atoms with Crippen LogP contribution in [0.3, 0.4) is 0 Å². The number of hydrogen-bond donors (Lipinski definition) is 1. The first-order valence-electron chi connectivity index (χ1n) is 6.43. The minimum Gasteiger partial charge on any atom is -0.306 e. The first kappa shape index (κ1) is 12.6. The van der Waals surface area contributed by atoms with E-state index in [4.69, 9.17) is 0 Å². The molecule has 1 N–H and O–H groups in total. The molecule has 1 aliphatic rings. The van der Waals surface area contributed by atoms with Crippen molar-refractivity contribution in [1.82, 2.24) is 9.97 Å². The highest BCUT2D eigenvalue weighted by atomic mass is 79.9. The summed E-state index contributed by atoms with van der Waals surface area (Å²) >= 11 is 3.35. The van der Waals surface area contributed by atoms with E-state index in [9.17, 15) is 4.79 Å². The molecule has 1 heterocycles. The highest BCUT2D eigenvalue weighted by Crippen LogP contribution is 2.41. The van der Waals surface area contributed by atoms with Crippen LogP contribution in [0.4, 0.5) is 0 Å². The molecule has 0 atom stereocenters. The zero-order valence-corrected chi connectivity index (χ0v) is 12.5. The van der Waals surface area contributed by atoms with E-state index in [1.807, 2.05) is 13.8 Å². The lowest BCUT2D eigenvalue weighted by Gasteiger charge is -2.09. The Hall–Kier alpha value is -1.42. The summed E-state index contributed by atoms with van der Waals surface area (Å²) < 4.78 is 0.587. The quantitative estimate of drug-likeness (QED) is 0.917. The average molecular weight is 319 g/mol. The van der Waals surface area contributed by atoms with Gasteiger partial charge in [-0.3, -0.25) is 4.79 Å². The third-order valence-corrected chi connectivity index (χ3v) is 4.27. The van der Waals surface area contributed by atoms with Crippen LogP contribution in [-0.4, -0.2) is 9.97 Å². The second-order valence-corrected chi connectivity index (χ2v) is 6.00. The Morgan fingerprint density at radius 1 is 1.32 bits per heavy atom. The van der Waals surface area contributed by atoms with Gasteiger partial charge in [0.25, 0.3) is 5.56 Å². The van der Waals surface area contributed by atoms with E-state index in [2.05, 4.69) is 44.1 Å². The first-order valence-corrected chi connectivity index (χ1v) is 7.23. The molecule has 0 radical (unpaired) electrons. The van der Waals surface area contributed by atoms with E-state index in [1.165, 1.54) is 5.56 Å². The molecule has 4 heteroatoms. The second kappa shape index (κ2) is 4.60. The molecule has 0 saturated heterocycles. The van der Waals surface area contributed by atoms with Crippen LogP contribution < -0.4 is 5.56 Å². The zero-order chi connectivity index (χ0) is 13.6. The summed E-state index contributed by atoms with van der Waals surface area (Å²) in [5.74, 6) is 1.12. The van der Waals surface area contributed by atoms with Gasteiger partial charge in [-0.2, -0.15) is 0 Å². The number of halogens is 1. The predicted octanol–water partition coefficient (Wildman–Crippen LogP) is 3.69. The van der Waals surface area contributed by atoms with Crippen molar-refractivity contribution in [3.63, 3.8) is 0 Å². The Kier molecular flexibility index (Phi) is 3.05. The molecule has 0 amide bonds. The number of aryl methyl sites for hydroxylation is 2. The number of H-pyrrole nitrogens is 1. The fourth-order valence-electron chi connectivity index (χ4n) is 2.22. The zero-order valence-electron chi connectivity index (χ0n) is 11.0. The first-order chi connectivity index (χ1) is 9.06. The van der Waals surface area contributed by atoms with Gasteiger partial charge in [0.05, 0.1) is 5.69 Å². The van der Waals surface area contributed by atoms with Crippen molar-refractivity contribution in [1.29, 1.82) is 0 Å². The van der Waals surface area contributed by atoms with E-state index in [-0.39, 0.29) is 5.56 Å². The monoisotopic (exact) mass is 318 g/mol. The number of benzene rings is 1. The van der Waals surface area contributed by atoms with E-state index in [0.29, 0.717) is 16.2 Å². The Bertz CT molecular complexity index is 702. The Balaban J connectivity index is 2.20. The van der Waals surface area contributed by atoms with Crippen LogP contribution in [0, 0.1) is 13.8 Å². The molecule has 1 aromatic heterocycles. The molecule has 1 aliphatic carbocycles. The smallest absolute Gasteiger partial charge is 0.265 e. The van der Waals surface area contributed by atoms with E-state index in [0.717, 1.165) is 29.7 Å². The Labute approximate surface area is 120 Å². The van der Waals surface area contributed by atoms with Crippen LogP contribution in [-0.2, 0) is 0 Å². The Morgan fingerprint density at radius 2 is 2.05 bits per heavy atom. The number of aromatic nitrogens is 2. The fraction of sp³-hybridized carbons (Fsp3) is 0.333. The summed E-state index contributed by atoms with van der Waals surface area (Å²) in [6, 6.07) is 6.19. The van der Waals surface area contributed by atoms with Crippen LogP contribution in [0.25, 0.3) is 11.4 Å². The van der Waals surface area contributed by atoms with E-state index >= 15 is 0 Å². The van der Waals surface area contributed by atoms with Crippen LogP contribution in [0.2, 0.25) is 0 Å². The van der Waals surface area contributed by atoms with Crippen LogP contribution >= 0.6 is 15.9 Å². The molecule has 1 aromatic carbocycles. The summed E-state index contributed by atoms with van der Waals surface area (Å²) in [5.41, 5.74) is 4.11. The van der Waals surface area contributed by atoms with Crippen molar-refractivity contribution < 1.29 is 0 Å². The second-order valence-electron chi connectivity index (χ2n) is 5.21. The van der Waals surface area contributed by atoms with Gasteiger partial charge in [-0.25, -0.2) is 4.98 Å². The molecular weight excluding hydrogens is 304 g/mol. The van der Waals surface area contributed by atoms with Crippen LogP contribution in [0.1, 0.15) is 35.6 Å². The molecule has 0 aliphatic heterocycles. The maximum Gasteiger partial charge on any atom is 0.265 e. The summed E-state index contributed by atoms with van der Waals surface area (Å²) in [6.45, 7) is 4.08. The largest absolute Gasteiger partial charge is 0.306 e. The number of nitrogens with zero attached hydrogens (tertiary/aromatic N) is 1. The molecule has 2 aromatic rings. The van der Waals surface area contributed by atoms with Crippen molar-refractivity contribution in [3.05, 3.63) is 49.8 Å². The van der Waals surface area contributed by atoms with Crippen molar-refractivity contribution in [2.45, 2.75) is 32.6 Å². The SMILES string of the molecule is Cc1ccc(C)c(-c2nc(C3CC3)c(Br)c(=O)[nH]2)c1. The lowest BCUT2D eigenvalue weighted by molar-refractivity contribution is 0.958. The van der Waals surface area contributed by atoms with Crippen molar-refractivity contribution in [3.8, 4) is 11.4 Å². The molecule has 1 saturated carbocycles.